The Morgan fingerprint density at radius 1 is 1.15 bits per heavy atom. The lowest BCUT2D eigenvalue weighted by Crippen LogP contribution is -2.14. The zero-order valence-corrected chi connectivity index (χ0v) is 16.0. The van der Waals surface area contributed by atoms with E-state index in [4.69, 9.17) is 9.26 Å². The number of hydrogen-bond acceptors (Lipinski definition) is 5. The van der Waals surface area contributed by atoms with E-state index in [0.29, 0.717) is 23.9 Å². The van der Waals surface area contributed by atoms with E-state index in [1.54, 1.807) is 7.11 Å². The Bertz CT molecular complexity index is 940. The number of nitrogens with one attached hydrogen (secondary N) is 1. The van der Waals surface area contributed by atoms with Gasteiger partial charge in [-0.25, -0.2) is 0 Å². The van der Waals surface area contributed by atoms with Crippen molar-refractivity contribution in [1.29, 1.82) is 0 Å². The Kier molecular flexibility index (Phi) is 5.54. The average molecular weight is 365 g/mol. The number of anilines is 1. The summed E-state index contributed by atoms with van der Waals surface area (Å²) in [5.74, 6) is 1.46. The van der Waals surface area contributed by atoms with Crippen molar-refractivity contribution < 1.29 is 14.1 Å². The summed E-state index contributed by atoms with van der Waals surface area (Å²) in [6.07, 6.45) is 0.637. The number of aromatic nitrogens is 2. The second kappa shape index (κ2) is 8.03. The summed E-state index contributed by atoms with van der Waals surface area (Å²) >= 11 is 0. The fourth-order valence-corrected chi connectivity index (χ4v) is 3.09. The van der Waals surface area contributed by atoms with Gasteiger partial charge in [0.1, 0.15) is 5.75 Å². The van der Waals surface area contributed by atoms with Gasteiger partial charge < -0.3 is 14.6 Å². The summed E-state index contributed by atoms with van der Waals surface area (Å²) < 4.78 is 10.6. The highest BCUT2D eigenvalue weighted by atomic mass is 16.5. The Balaban J connectivity index is 1.64. The van der Waals surface area contributed by atoms with E-state index in [-0.39, 0.29) is 12.3 Å². The SMILES string of the molecule is COc1ccccc1-c1noc(CCC(=O)Nc2c(C)cc(C)cc2C)n1. The van der Waals surface area contributed by atoms with Crippen LogP contribution in [-0.2, 0) is 11.2 Å². The van der Waals surface area contributed by atoms with Crippen LogP contribution in [0.4, 0.5) is 5.69 Å². The summed E-state index contributed by atoms with van der Waals surface area (Å²) in [7, 11) is 1.60. The lowest BCUT2D eigenvalue weighted by molar-refractivity contribution is -0.116. The third-order valence-corrected chi connectivity index (χ3v) is 4.32. The fraction of sp³-hybridized carbons (Fsp3) is 0.286. The Labute approximate surface area is 158 Å². The number of carbonyl (C=O) groups excluding carboxylic acids is 1. The van der Waals surface area contributed by atoms with Crippen LogP contribution >= 0.6 is 0 Å². The van der Waals surface area contributed by atoms with Gasteiger partial charge in [-0.2, -0.15) is 4.98 Å². The van der Waals surface area contributed by atoms with Crippen LogP contribution < -0.4 is 10.1 Å². The minimum absolute atomic E-state index is 0.0814. The summed E-state index contributed by atoms with van der Waals surface area (Å²) in [4.78, 5) is 16.7. The molecular formula is C21H23N3O3. The highest BCUT2D eigenvalue weighted by Crippen LogP contribution is 2.27. The largest absolute Gasteiger partial charge is 0.496 e. The molecule has 1 N–H and O–H groups in total. The van der Waals surface area contributed by atoms with Crippen LogP contribution in [0, 0.1) is 20.8 Å². The lowest BCUT2D eigenvalue weighted by Gasteiger charge is -2.12. The van der Waals surface area contributed by atoms with Gasteiger partial charge in [0, 0.05) is 18.5 Å². The number of hydrogen-bond donors (Lipinski definition) is 1. The molecule has 6 nitrogen and oxygen atoms in total. The van der Waals surface area contributed by atoms with Gasteiger partial charge in [0.15, 0.2) is 0 Å². The molecule has 1 aromatic heterocycles. The van der Waals surface area contributed by atoms with E-state index in [0.717, 1.165) is 22.4 Å². The van der Waals surface area contributed by atoms with Gasteiger partial charge in [0.05, 0.1) is 12.7 Å². The van der Waals surface area contributed by atoms with Crippen molar-refractivity contribution in [3.8, 4) is 17.1 Å². The molecule has 1 heterocycles. The van der Waals surface area contributed by atoms with Crippen LogP contribution in [0.2, 0.25) is 0 Å². The molecule has 0 saturated carbocycles. The summed E-state index contributed by atoms with van der Waals surface area (Å²) in [6, 6.07) is 11.6. The first kappa shape index (κ1) is 18.6. The number of rotatable bonds is 6. The predicted molar refractivity (Wildman–Crippen MR) is 104 cm³/mol. The number of amides is 1. The van der Waals surface area contributed by atoms with Gasteiger partial charge in [-0.1, -0.05) is 35.0 Å². The van der Waals surface area contributed by atoms with E-state index in [2.05, 4.69) is 27.6 Å². The quantitative estimate of drug-likeness (QED) is 0.707. The Hall–Kier alpha value is -3.15. The second-order valence-corrected chi connectivity index (χ2v) is 6.53. The number of nitrogens with zero attached hydrogens (tertiary/aromatic N) is 2. The molecule has 0 atom stereocenters. The zero-order valence-electron chi connectivity index (χ0n) is 16.0. The molecule has 1 amide bonds. The first-order chi connectivity index (χ1) is 13.0. The maximum atomic E-state index is 12.3. The highest BCUT2D eigenvalue weighted by Gasteiger charge is 2.14. The number of carbonyl (C=O) groups is 1. The number of benzene rings is 2. The van der Waals surface area contributed by atoms with Crippen molar-refractivity contribution in [1.82, 2.24) is 10.1 Å². The lowest BCUT2D eigenvalue weighted by atomic mass is 10.0. The van der Waals surface area contributed by atoms with Gasteiger partial charge in [0.2, 0.25) is 17.6 Å². The normalized spacial score (nSPS) is 10.7. The van der Waals surface area contributed by atoms with Crippen LogP contribution in [0.3, 0.4) is 0 Å². The molecule has 3 aromatic rings. The molecule has 0 unspecified atom stereocenters. The molecule has 3 rings (SSSR count). The molecule has 0 aliphatic heterocycles. The standard InChI is InChI=1S/C21H23N3O3/c1-13-11-14(2)20(15(3)12-13)22-18(25)9-10-19-23-21(24-27-19)16-7-5-6-8-17(16)26-4/h5-8,11-12H,9-10H2,1-4H3,(H,22,25). The summed E-state index contributed by atoms with van der Waals surface area (Å²) in [5, 5.41) is 6.98. The summed E-state index contributed by atoms with van der Waals surface area (Å²) in [5.41, 5.74) is 4.91. The van der Waals surface area contributed by atoms with Gasteiger partial charge in [0.25, 0.3) is 0 Å². The second-order valence-electron chi connectivity index (χ2n) is 6.53. The molecule has 0 radical (unpaired) electrons. The molecule has 0 saturated heterocycles. The van der Waals surface area contributed by atoms with Crippen molar-refractivity contribution >= 4 is 11.6 Å². The smallest absolute Gasteiger partial charge is 0.227 e. The third kappa shape index (κ3) is 4.34. The molecule has 0 spiro atoms. The predicted octanol–water partition coefficient (Wildman–Crippen LogP) is 4.24. The van der Waals surface area contributed by atoms with Gasteiger partial charge >= 0.3 is 0 Å². The minimum atomic E-state index is -0.0814. The van der Waals surface area contributed by atoms with Gasteiger partial charge in [-0.05, 0) is 44.0 Å². The van der Waals surface area contributed by atoms with E-state index in [9.17, 15) is 4.79 Å². The molecule has 140 valence electrons. The van der Waals surface area contributed by atoms with Crippen LogP contribution in [0.5, 0.6) is 5.75 Å². The average Bonchev–Trinajstić information content (AvgIpc) is 3.11. The Morgan fingerprint density at radius 3 is 2.56 bits per heavy atom. The van der Waals surface area contributed by atoms with E-state index in [1.165, 1.54) is 5.56 Å². The molecule has 27 heavy (non-hydrogen) atoms. The van der Waals surface area contributed by atoms with Crippen molar-refractivity contribution in [3.05, 3.63) is 59.0 Å². The zero-order chi connectivity index (χ0) is 19.4. The summed E-state index contributed by atoms with van der Waals surface area (Å²) in [6.45, 7) is 6.03. The monoisotopic (exact) mass is 365 g/mol. The molecule has 0 bridgehead atoms. The van der Waals surface area contributed by atoms with Crippen LogP contribution in [-0.4, -0.2) is 23.2 Å². The molecule has 6 heteroatoms. The number of aryl methyl sites for hydroxylation is 4. The highest BCUT2D eigenvalue weighted by molar-refractivity contribution is 5.92. The van der Waals surface area contributed by atoms with E-state index >= 15 is 0 Å². The molecule has 2 aromatic carbocycles. The van der Waals surface area contributed by atoms with E-state index < -0.39 is 0 Å². The first-order valence-electron chi connectivity index (χ1n) is 8.81. The molecular weight excluding hydrogens is 342 g/mol. The number of ether oxygens (including phenoxy) is 1. The molecule has 0 aliphatic rings. The van der Waals surface area contributed by atoms with E-state index in [1.807, 2.05) is 45.0 Å². The Morgan fingerprint density at radius 2 is 1.85 bits per heavy atom. The van der Waals surface area contributed by atoms with Crippen molar-refractivity contribution in [2.45, 2.75) is 33.6 Å². The van der Waals surface area contributed by atoms with Crippen molar-refractivity contribution in [3.63, 3.8) is 0 Å². The third-order valence-electron chi connectivity index (χ3n) is 4.32. The van der Waals surface area contributed by atoms with Crippen molar-refractivity contribution in [2.75, 3.05) is 12.4 Å². The van der Waals surface area contributed by atoms with Crippen LogP contribution in [0.15, 0.2) is 40.9 Å². The first-order valence-corrected chi connectivity index (χ1v) is 8.81. The van der Waals surface area contributed by atoms with Crippen LogP contribution in [0.1, 0.15) is 29.0 Å². The van der Waals surface area contributed by atoms with Gasteiger partial charge in [-0.15, -0.1) is 0 Å². The fourth-order valence-electron chi connectivity index (χ4n) is 3.09. The maximum absolute atomic E-state index is 12.3. The molecule has 0 fully saturated rings. The van der Waals surface area contributed by atoms with Crippen LogP contribution in [0.25, 0.3) is 11.4 Å². The van der Waals surface area contributed by atoms with Crippen molar-refractivity contribution in [2.24, 2.45) is 0 Å². The molecule has 0 aliphatic carbocycles. The topological polar surface area (TPSA) is 77.2 Å². The minimum Gasteiger partial charge on any atom is -0.496 e. The maximum Gasteiger partial charge on any atom is 0.227 e. The van der Waals surface area contributed by atoms with Gasteiger partial charge in [-0.3, -0.25) is 4.79 Å². The number of para-hydroxylation sites is 1. The number of methoxy groups -OCH3 is 1.